The van der Waals surface area contributed by atoms with Crippen molar-refractivity contribution in [3.63, 3.8) is 0 Å². The Morgan fingerprint density at radius 2 is 2.15 bits per heavy atom. The van der Waals surface area contributed by atoms with Gasteiger partial charge < -0.3 is 9.73 Å². The Morgan fingerprint density at radius 3 is 2.85 bits per heavy atom. The van der Waals surface area contributed by atoms with Gasteiger partial charge in [0.15, 0.2) is 11.7 Å². The second-order valence-electron chi connectivity index (χ2n) is 5.29. The molecule has 0 atom stereocenters. The lowest BCUT2D eigenvalue weighted by Crippen LogP contribution is -2.23. The van der Waals surface area contributed by atoms with Crippen molar-refractivity contribution in [3.05, 3.63) is 40.9 Å². The molecule has 1 aromatic carbocycles. The quantitative estimate of drug-likeness (QED) is 0.810. The van der Waals surface area contributed by atoms with E-state index in [4.69, 9.17) is 16.0 Å². The molecule has 1 aromatic heterocycles. The Balaban J connectivity index is 1.98. The van der Waals surface area contributed by atoms with Gasteiger partial charge in [0.05, 0.1) is 6.20 Å². The zero-order valence-corrected chi connectivity index (χ0v) is 13.0. The molecule has 0 radical (unpaired) electrons. The highest BCUT2D eigenvalue weighted by atomic mass is 35.5. The molecule has 2 aromatic rings. The minimum Gasteiger partial charge on any atom is -0.441 e. The van der Waals surface area contributed by atoms with Crippen LogP contribution in [0.5, 0.6) is 0 Å². The number of aromatic nitrogens is 1. The van der Waals surface area contributed by atoms with Gasteiger partial charge in [0.2, 0.25) is 0 Å². The fraction of sp³-hybridized carbons (Fsp3) is 0.438. The maximum atomic E-state index is 5.97. The molecule has 0 aliphatic carbocycles. The highest BCUT2D eigenvalue weighted by Crippen LogP contribution is 2.26. The van der Waals surface area contributed by atoms with Crippen LogP contribution >= 0.6 is 11.6 Å². The van der Waals surface area contributed by atoms with Gasteiger partial charge in [-0.2, -0.15) is 0 Å². The van der Waals surface area contributed by atoms with Gasteiger partial charge in [-0.05, 0) is 43.7 Å². The summed E-state index contributed by atoms with van der Waals surface area (Å²) in [6, 6.07) is 6.30. The molecular formula is C16H21ClN2O. The molecule has 0 bridgehead atoms. The zero-order valence-electron chi connectivity index (χ0n) is 12.2. The van der Waals surface area contributed by atoms with Crippen LogP contribution in [0.4, 0.5) is 0 Å². The van der Waals surface area contributed by atoms with Crippen LogP contribution in [0.15, 0.2) is 28.8 Å². The zero-order chi connectivity index (χ0) is 14.5. The van der Waals surface area contributed by atoms with Gasteiger partial charge >= 0.3 is 0 Å². The number of halogens is 1. The second kappa shape index (κ2) is 6.91. The summed E-state index contributed by atoms with van der Waals surface area (Å²) in [4.78, 5) is 4.35. The van der Waals surface area contributed by atoms with Crippen molar-refractivity contribution in [3.8, 4) is 11.3 Å². The van der Waals surface area contributed by atoms with Crippen molar-refractivity contribution in [1.29, 1.82) is 0 Å². The smallest absolute Gasteiger partial charge is 0.194 e. The molecule has 0 saturated heterocycles. The van der Waals surface area contributed by atoms with Crippen LogP contribution in [0.3, 0.4) is 0 Å². The van der Waals surface area contributed by atoms with Crippen LogP contribution in [-0.4, -0.2) is 17.6 Å². The lowest BCUT2D eigenvalue weighted by molar-refractivity contribution is 0.484. The van der Waals surface area contributed by atoms with Crippen molar-refractivity contribution in [2.24, 2.45) is 0 Å². The molecule has 1 heterocycles. The molecule has 0 unspecified atom stereocenters. The summed E-state index contributed by atoms with van der Waals surface area (Å²) < 4.78 is 5.82. The van der Waals surface area contributed by atoms with Gasteiger partial charge in [-0.25, -0.2) is 4.98 Å². The predicted octanol–water partition coefficient (Wildman–Crippen LogP) is 4.23. The molecule has 0 amide bonds. The van der Waals surface area contributed by atoms with Crippen molar-refractivity contribution < 1.29 is 4.42 Å². The first kappa shape index (κ1) is 15.1. The predicted molar refractivity (Wildman–Crippen MR) is 83.1 cm³/mol. The Bertz CT molecular complexity index is 563. The highest BCUT2D eigenvalue weighted by molar-refractivity contribution is 6.30. The third-order valence-electron chi connectivity index (χ3n) is 3.13. The van der Waals surface area contributed by atoms with Crippen LogP contribution in [0.25, 0.3) is 11.3 Å². The number of hydrogen-bond donors (Lipinski definition) is 1. The fourth-order valence-corrected chi connectivity index (χ4v) is 2.31. The normalized spacial score (nSPS) is 11.2. The van der Waals surface area contributed by atoms with Gasteiger partial charge in [-0.15, -0.1) is 0 Å². The number of aryl methyl sites for hydroxylation is 2. The van der Waals surface area contributed by atoms with Crippen molar-refractivity contribution in [2.75, 3.05) is 6.54 Å². The van der Waals surface area contributed by atoms with Crippen molar-refractivity contribution >= 4 is 11.6 Å². The van der Waals surface area contributed by atoms with E-state index in [9.17, 15) is 0 Å². The number of nitrogens with zero attached hydrogens (tertiary/aromatic N) is 1. The topological polar surface area (TPSA) is 38.1 Å². The first-order valence-electron chi connectivity index (χ1n) is 7.01. The van der Waals surface area contributed by atoms with Crippen LogP contribution in [0.1, 0.15) is 31.7 Å². The number of hydrogen-bond acceptors (Lipinski definition) is 3. The van der Waals surface area contributed by atoms with Gasteiger partial charge in [-0.3, -0.25) is 0 Å². The van der Waals surface area contributed by atoms with Crippen molar-refractivity contribution in [1.82, 2.24) is 10.3 Å². The summed E-state index contributed by atoms with van der Waals surface area (Å²) in [5.41, 5.74) is 2.15. The van der Waals surface area contributed by atoms with Gasteiger partial charge in [0, 0.05) is 23.0 Å². The van der Waals surface area contributed by atoms with Gasteiger partial charge in [-0.1, -0.05) is 25.4 Å². The molecule has 1 N–H and O–H groups in total. The summed E-state index contributed by atoms with van der Waals surface area (Å²) in [7, 11) is 0. The van der Waals surface area contributed by atoms with E-state index < -0.39 is 0 Å². The summed E-state index contributed by atoms with van der Waals surface area (Å²) in [6.45, 7) is 7.30. The number of oxazole rings is 1. The maximum Gasteiger partial charge on any atom is 0.194 e. The molecule has 20 heavy (non-hydrogen) atoms. The third kappa shape index (κ3) is 4.09. The van der Waals surface area contributed by atoms with Gasteiger partial charge in [0.1, 0.15) is 0 Å². The highest BCUT2D eigenvalue weighted by Gasteiger charge is 2.09. The van der Waals surface area contributed by atoms with E-state index in [1.807, 2.05) is 25.1 Å². The largest absolute Gasteiger partial charge is 0.441 e. The average molecular weight is 293 g/mol. The standard InChI is InChI=1S/C16H21ClN2O/c1-11(2)18-8-4-5-16-19-10-15(20-16)14-7-6-13(17)9-12(14)3/h6-7,9-11,18H,4-5,8H2,1-3H3. The minimum absolute atomic E-state index is 0.520. The number of nitrogens with one attached hydrogen (secondary N) is 1. The molecule has 0 fully saturated rings. The van der Waals surface area contributed by atoms with E-state index in [0.717, 1.165) is 47.2 Å². The lowest BCUT2D eigenvalue weighted by atomic mass is 10.1. The van der Waals surface area contributed by atoms with E-state index >= 15 is 0 Å². The van der Waals surface area contributed by atoms with Crippen LogP contribution in [-0.2, 0) is 6.42 Å². The molecular weight excluding hydrogens is 272 g/mol. The van der Waals surface area contributed by atoms with Crippen LogP contribution in [0, 0.1) is 6.92 Å². The lowest BCUT2D eigenvalue weighted by Gasteiger charge is -2.06. The Morgan fingerprint density at radius 1 is 1.35 bits per heavy atom. The van der Waals surface area contributed by atoms with Gasteiger partial charge in [0.25, 0.3) is 0 Å². The summed E-state index contributed by atoms with van der Waals surface area (Å²) in [5, 5.41) is 4.13. The molecule has 0 aliphatic rings. The number of rotatable bonds is 6. The fourth-order valence-electron chi connectivity index (χ4n) is 2.08. The van der Waals surface area contributed by atoms with Crippen LogP contribution < -0.4 is 5.32 Å². The maximum absolute atomic E-state index is 5.97. The van der Waals surface area contributed by atoms with E-state index in [1.54, 1.807) is 6.20 Å². The first-order valence-corrected chi connectivity index (χ1v) is 7.38. The molecule has 3 nitrogen and oxygen atoms in total. The summed E-state index contributed by atoms with van der Waals surface area (Å²) >= 11 is 5.97. The molecule has 0 aliphatic heterocycles. The minimum atomic E-state index is 0.520. The summed E-state index contributed by atoms with van der Waals surface area (Å²) in [6.07, 6.45) is 3.67. The molecule has 108 valence electrons. The SMILES string of the molecule is Cc1cc(Cl)ccc1-c1cnc(CCCNC(C)C)o1. The summed E-state index contributed by atoms with van der Waals surface area (Å²) in [5.74, 6) is 1.60. The third-order valence-corrected chi connectivity index (χ3v) is 3.36. The van der Waals surface area contributed by atoms with Crippen molar-refractivity contribution in [2.45, 2.75) is 39.7 Å². The Hall–Kier alpha value is -1.32. The average Bonchev–Trinajstić information content (AvgIpc) is 2.83. The van der Waals surface area contributed by atoms with E-state index in [-0.39, 0.29) is 0 Å². The molecule has 2 rings (SSSR count). The Labute approximate surface area is 125 Å². The Kier molecular flexibility index (Phi) is 5.21. The first-order chi connectivity index (χ1) is 9.56. The van der Waals surface area contributed by atoms with E-state index in [0.29, 0.717) is 6.04 Å². The molecule has 0 spiro atoms. The molecule has 0 saturated carbocycles. The van der Waals surface area contributed by atoms with E-state index in [2.05, 4.69) is 24.1 Å². The molecule has 4 heteroatoms. The van der Waals surface area contributed by atoms with E-state index in [1.165, 1.54) is 0 Å². The monoisotopic (exact) mass is 292 g/mol. The second-order valence-corrected chi connectivity index (χ2v) is 5.73. The number of benzene rings is 1. The van der Waals surface area contributed by atoms with Crippen LogP contribution in [0.2, 0.25) is 5.02 Å².